The maximum Gasteiger partial charge on any atom is 0.118 e. The first-order chi connectivity index (χ1) is 9.10. The maximum atomic E-state index is 6.29. The third-order valence-electron chi connectivity index (χ3n) is 3.57. The fraction of sp³-hybridized carbons (Fsp3) is 0.294. The first-order valence-corrected chi connectivity index (χ1v) is 6.56. The van der Waals surface area contributed by atoms with E-state index in [1.807, 2.05) is 12.1 Å². The lowest BCUT2D eigenvalue weighted by Gasteiger charge is -2.14. The van der Waals surface area contributed by atoms with Crippen LogP contribution < -0.4 is 10.5 Å². The van der Waals surface area contributed by atoms with E-state index in [0.29, 0.717) is 0 Å². The summed E-state index contributed by atoms with van der Waals surface area (Å²) < 4.78 is 5.16. The van der Waals surface area contributed by atoms with Gasteiger partial charge in [0.05, 0.1) is 7.11 Å². The van der Waals surface area contributed by atoms with Crippen LogP contribution in [-0.4, -0.2) is 7.11 Å². The number of hydrogen-bond donors (Lipinski definition) is 1. The van der Waals surface area contributed by atoms with Crippen LogP contribution in [-0.2, 0) is 6.42 Å². The second-order valence-corrected chi connectivity index (χ2v) is 5.00. The molecule has 100 valence electrons. The van der Waals surface area contributed by atoms with Crippen LogP contribution in [0.3, 0.4) is 0 Å². The van der Waals surface area contributed by atoms with Crippen molar-refractivity contribution in [3.05, 3.63) is 64.7 Å². The fourth-order valence-corrected chi connectivity index (χ4v) is 2.13. The third-order valence-corrected chi connectivity index (χ3v) is 3.57. The molecule has 0 heterocycles. The smallest absolute Gasteiger partial charge is 0.118 e. The second-order valence-electron chi connectivity index (χ2n) is 5.00. The Labute approximate surface area is 115 Å². The Bertz CT molecular complexity index is 546. The highest BCUT2D eigenvalue weighted by atomic mass is 16.5. The van der Waals surface area contributed by atoms with Crippen molar-refractivity contribution >= 4 is 0 Å². The zero-order chi connectivity index (χ0) is 13.8. The summed E-state index contributed by atoms with van der Waals surface area (Å²) in [6, 6.07) is 14.6. The van der Waals surface area contributed by atoms with Gasteiger partial charge in [-0.1, -0.05) is 30.3 Å². The number of nitrogens with two attached hydrogens (primary N) is 1. The van der Waals surface area contributed by atoms with E-state index >= 15 is 0 Å². The molecule has 0 radical (unpaired) electrons. The van der Waals surface area contributed by atoms with Gasteiger partial charge in [-0.15, -0.1) is 0 Å². The van der Waals surface area contributed by atoms with E-state index in [9.17, 15) is 0 Å². The fourth-order valence-electron chi connectivity index (χ4n) is 2.13. The van der Waals surface area contributed by atoms with Crippen LogP contribution >= 0.6 is 0 Å². The first-order valence-electron chi connectivity index (χ1n) is 6.56. The van der Waals surface area contributed by atoms with Gasteiger partial charge in [0, 0.05) is 6.04 Å². The Hall–Kier alpha value is -1.80. The molecule has 0 saturated heterocycles. The molecule has 0 amide bonds. The van der Waals surface area contributed by atoms with Gasteiger partial charge in [0.1, 0.15) is 5.75 Å². The number of rotatable bonds is 4. The van der Waals surface area contributed by atoms with Crippen LogP contribution in [0.5, 0.6) is 5.75 Å². The Morgan fingerprint density at radius 1 is 1.00 bits per heavy atom. The molecule has 0 saturated carbocycles. The zero-order valence-corrected chi connectivity index (χ0v) is 11.8. The molecule has 2 nitrogen and oxygen atoms in total. The van der Waals surface area contributed by atoms with Crippen molar-refractivity contribution in [2.24, 2.45) is 5.73 Å². The Morgan fingerprint density at radius 2 is 1.68 bits per heavy atom. The summed E-state index contributed by atoms with van der Waals surface area (Å²) >= 11 is 0. The lowest BCUT2D eigenvalue weighted by Crippen LogP contribution is -2.13. The van der Waals surface area contributed by atoms with Crippen molar-refractivity contribution in [3.63, 3.8) is 0 Å². The summed E-state index contributed by atoms with van der Waals surface area (Å²) in [5, 5.41) is 0. The minimum atomic E-state index is 0.0349. The lowest BCUT2D eigenvalue weighted by atomic mass is 9.96. The van der Waals surface area contributed by atoms with Crippen molar-refractivity contribution in [1.29, 1.82) is 0 Å². The Balaban J connectivity index is 2.10. The highest BCUT2D eigenvalue weighted by Gasteiger charge is 2.08. The van der Waals surface area contributed by atoms with E-state index in [1.54, 1.807) is 7.11 Å². The molecule has 1 atom stereocenters. The van der Waals surface area contributed by atoms with Crippen LogP contribution in [0, 0.1) is 13.8 Å². The standard InChI is InChI=1S/C17H21NO/c1-12-4-7-15(10-13(12)2)17(18)11-14-5-8-16(19-3)9-6-14/h4-10,17H,11,18H2,1-3H3. The largest absolute Gasteiger partial charge is 0.497 e. The molecule has 2 heteroatoms. The average molecular weight is 255 g/mol. The molecule has 0 spiro atoms. The summed E-state index contributed by atoms with van der Waals surface area (Å²) in [4.78, 5) is 0. The molecule has 2 aromatic rings. The van der Waals surface area contributed by atoms with E-state index in [4.69, 9.17) is 10.5 Å². The van der Waals surface area contributed by atoms with Gasteiger partial charge in [-0.25, -0.2) is 0 Å². The van der Waals surface area contributed by atoms with Gasteiger partial charge in [-0.05, 0) is 54.7 Å². The molecule has 0 aliphatic carbocycles. The molecule has 0 bridgehead atoms. The number of ether oxygens (including phenoxy) is 1. The van der Waals surface area contributed by atoms with Gasteiger partial charge in [0.2, 0.25) is 0 Å². The molecule has 1 unspecified atom stereocenters. The van der Waals surface area contributed by atoms with Crippen molar-refractivity contribution in [2.75, 3.05) is 7.11 Å². The first kappa shape index (κ1) is 13.6. The van der Waals surface area contributed by atoms with E-state index in [-0.39, 0.29) is 6.04 Å². The predicted molar refractivity (Wildman–Crippen MR) is 79.5 cm³/mol. The molecule has 0 aliphatic rings. The monoisotopic (exact) mass is 255 g/mol. The quantitative estimate of drug-likeness (QED) is 0.906. The molecule has 2 aromatic carbocycles. The molecule has 0 aliphatic heterocycles. The topological polar surface area (TPSA) is 35.2 Å². The minimum absolute atomic E-state index is 0.0349. The number of benzene rings is 2. The maximum absolute atomic E-state index is 6.29. The average Bonchev–Trinajstić information content (AvgIpc) is 2.42. The number of aryl methyl sites for hydroxylation is 2. The van der Waals surface area contributed by atoms with Crippen LogP contribution in [0.15, 0.2) is 42.5 Å². The van der Waals surface area contributed by atoms with Crippen LogP contribution in [0.2, 0.25) is 0 Å². The van der Waals surface area contributed by atoms with Crippen molar-refractivity contribution < 1.29 is 4.74 Å². The minimum Gasteiger partial charge on any atom is -0.497 e. The molecule has 0 aromatic heterocycles. The molecule has 2 N–H and O–H groups in total. The number of hydrogen-bond acceptors (Lipinski definition) is 2. The third kappa shape index (κ3) is 3.36. The van der Waals surface area contributed by atoms with Crippen molar-refractivity contribution in [1.82, 2.24) is 0 Å². The molecule has 0 fully saturated rings. The zero-order valence-electron chi connectivity index (χ0n) is 11.8. The van der Waals surface area contributed by atoms with Crippen LogP contribution in [0.25, 0.3) is 0 Å². The summed E-state index contributed by atoms with van der Waals surface area (Å²) in [5.41, 5.74) is 11.3. The summed E-state index contributed by atoms with van der Waals surface area (Å²) in [7, 11) is 1.68. The van der Waals surface area contributed by atoms with Crippen LogP contribution in [0.4, 0.5) is 0 Å². The van der Waals surface area contributed by atoms with Gasteiger partial charge in [-0.2, -0.15) is 0 Å². The van der Waals surface area contributed by atoms with E-state index in [1.165, 1.54) is 22.3 Å². The van der Waals surface area contributed by atoms with Crippen molar-refractivity contribution in [2.45, 2.75) is 26.3 Å². The Morgan fingerprint density at radius 3 is 2.26 bits per heavy atom. The van der Waals surface area contributed by atoms with E-state index in [0.717, 1.165) is 12.2 Å². The SMILES string of the molecule is COc1ccc(CC(N)c2ccc(C)c(C)c2)cc1. The highest BCUT2D eigenvalue weighted by molar-refractivity contribution is 5.33. The molecular formula is C17H21NO. The second kappa shape index (κ2) is 5.89. The molecule has 19 heavy (non-hydrogen) atoms. The summed E-state index contributed by atoms with van der Waals surface area (Å²) in [6.07, 6.45) is 0.840. The van der Waals surface area contributed by atoms with Gasteiger partial charge in [0.15, 0.2) is 0 Å². The van der Waals surface area contributed by atoms with Gasteiger partial charge in [-0.3, -0.25) is 0 Å². The van der Waals surface area contributed by atoms with Gasteiger partial charge >= 0.3 is 0 Å². The Kier molecular flexibility index (Phi) is 4.23. The predicted octanol–water partition coefficient (Wildman–Crippen LogP) is 3.55. The normalized spacial score (nSPS) is 12.2. The summed E-state index contributed by atoms with van der Waals surface area (Å²) in [5.74, 6) is 0.878. The van der Waals surface area contributed by atoms with Gasteiger partial charge in [0.25, 0.3) is 0 Å². The van der Waals surface area contributed by atoms with Crippen molar-refractivity contribution in [3.8, 4) is 5.75 Å². The lowest BCUT2D eigenvalue weighted by molar-refractivity contribution is 0.414. The van der Waals surface area contributed by atoms with Gasteiger partial charge < -0.3 is 10.5 Å². The summed E-state index contributed by atoms with van der Waals surface area (Å²) in [6.45, 7) is 4.24. The van der Waals surface area contributed by atoms with E-state index < -0.39 is 0 Å². The van der Waals surface area contributed by atoms with E-state index in [2.05, 4.69) is 44.2 Å². The number of methoxy groups -OCH3 is 1. The highest BCUT2D eigenvalue weighted by Crippen LogP contribution is 2.20. The van der Waals surface area contributed by atoms with Crippen LogP contribution in [0.1, 0.15) is 28.3 Å². The molecular weight excluding hydrogens is 234 g/mol. The molecule has 2 rings (SSSR count).